The number of amides is 1. The van der Waals surface area contributed by atoms with Gasteiger partial charge in [-0.1, -0.05) is 11.8 Å². The van der Waals surface area contributed by atoms with Gasteiger partial charge in [0.05, 0.1) is 5.69 Å². The molecular formula is C17H25N3O3S. The van der Waals surface area contributed by atoms with Crippen LogP contribution in [0.4, 0.5) is 4.79 Å². The highest BCUT2D eigenvalue weighted by Gasteiger charge is 2.31. The molecule has 0 radical (unpaired) electrons. The van der Waals surface area contributed by atoms with Gasteiger partial charge in [-0.2, -0.15) is 0 Å². The van der Waals surface area contributed by atoms with Gasteiger partial charge in [0.25, 0.3) is 0 Å². The van der Waals surface area contributed by atoms with Crippen LogP contribution in [0.15, 0.2) is 17.4 Å². The van der Waals surface area contributed by atoms with Crippen LogP contribution in [-0.2, 0) is 16.0 Å². The molecule has 1 aromatic heterocycles. The number of carbonyl (C=O) groups is 2. The molecule has 2 heterocycles. The van der Waals surface area contributed by atoms with E-state index in [1.54, 1.807) is 17.2 Å². The normalized spacial score (nSPS) is 18.3. The van der Waals surface area contributed by atoms with Gasteiger partial charge in [0.2, 0.25) is 0 Å². The maximum absolute atomic E-state index is 12.6. The average molecular weight is 351 g/mol. The fourth-order valence-corrected chi connectivity index (χ4v) is 3.00. The number of hydrogen-bond acceptors (Lipinski definition) is 6. The monoisotopic (exact) mass is 351 g/mol. The van der Waals surface area contributed by atoms with Gasteiger partial charge in [0, 0.05) is 31.6 Å². The van der Waals surface area contributed by atoms with E-state index in [0.29, 0.717) is 18.2 Å². The first-order chi connectivity index (χ1) is 11.3. The van der Waals surface area contributed by atoms with Gasteiger partial charge in [0.1, 0.15) is 11.4 Å². The largest absolute Gasteiger partial charge is 0.444 e. The van der Waals surface area contributed by atoms with E-state index in [0.717, 1.165) is 18.5 Å². The van der Waals surface area contributed by atoms with Crippen molar-refractivity contribution in [1.29, 1.82) is 0 Å². The van der Waals surface area contributed by atoms with E-state index in [-0.39, 0.29) is 24.2 Å². The number of hydrogen-bond donors (Lipinski definition) is 0. The van der Waals surface area contributed by atoms with Crippen molar-refractivity contribution in [2.24, 2.45) is 5.92 Å². The fourth-order valence-electron chi connectivity index (χ4n) is 2.63. The zero-order chi connectivity index (χ0) is 17.7. The van der Waals surface area contributed by atoms with Gasteiger partial charge in [-0.3, -0.25) is 4.79 Å². The highest BCUT2D eigenvalue weighted by molar-refractivity contribution is 7.98. The minimum absolute atomic E-state index is 0.119. The van der Waals surface area contributed by atoms with Gasteiger partial charge in [-0.05, 0) is 45.9 Å². The van der Waals surface area contributed by atoms with Crippen molar-refractivity contribution < 1.29 is 14.3 Å². The molecule has 1 unspecified atom stereocenters. The fraction of sp³-hybridized carbons (Fsp3) is 0.647. The first-order valence-corrected chi connectivity index (χ1v) is 9.37. The van der Waals surface area contributed by atoms with Crippen LogP contribution in [0.25, 0.3) is 0 Å². The highest BCUT2D eigenvalue weighted by Crippen LogP contribution is 2.21. The van der Waals surface area contributed by atoms with E-state index in [1.807, 2.05) is 27.0 Å². The number of likely N-dealkylation sites (tertiary alicyclic amines) is 1. The number of carbonyl (C=O) groups excluding carboxylic acids is 2. The van der Waals surface area contributed by atoms with E-state index in [2.05, 4.69) is 9.97 Å². The summed E-state index contributed by atoms with van der Waals surface area (Å²) >= 11 is 1.45. The van der Waals surface area contributed by atoms with Crippen molar-refractivity contribution in [3.05, 3.63) is 18.0 Å². The third-order valence-corrected chi connectivity index (χ3v) is 4.32. The number of rotatable bonds is 4. The molecule has 6 nitrogen and oxygen atoms in total. The second kappa shape index (κ2) is 7.96. The minimum atomic E-state index is -0.525. The molecule has 24 heavy (non-hydrogen) atoms. The summed E-state index contributed by atoms with van der Waals surface area (Å²) in [6.45, 7) is 6.60. The molecule has 0 N–H and O–H groups in total. The van der Waals surface area contributed by atoms with Crippen LogP contribution < -0.4 is 0 Å². The molecule has 0 spiro atoms. The molecule has 0 aliphatic carbocycles. The Kier molecular flexibility index (Phi) is 6.21. The van der Waals surface area contributed by atoms with Crippen molar-refractivity contribution in [2.75, 3.05) is 19.3 Å². The summed E-state index contributed by atoms with van der Waals surface area (Å²) in [7, 11) is 0. The van der Waals surface area contributed by atoms with Crippen LogP contribution in [0.2, 0.25) is 0 Å². The SMILES string of the molecule is CSc1nccc(CC(=O)C2CCCN(C(=O)OC(C)(C)C)C2)n1. The molecular weight excluding hydrogens is 326 g/mol. The van der Waals surface area contributed by atoms with Gasteiger partial charge in [-0.25, -0.2) is 14.8 Å². The molecule has 0 bridgehead atoms. The van der Waals surface area contributed by atoms with E-state index in [1.165, 1.54) is 11.8 Å². The van der Waals surface area contributed by atoms with Crippen LogP contribution in [0.5, 0.6) is 0 Å². The number of ketones is 1. The molecule has 1 fully saturated rings. The van der Waals surface area contributed by atoms with Crippen LogP contribution in [0.1, 0.15) is 39.3 Å². The molecule has 132 valence electrons. The predicted octanol–water partition coefficient (Wildman–Crippen LogP) is 2.96. The summed E-state index contributed by atoms with van der Waals surface area (Å²) in [5, 5.41) is 0.666. The molecule has 0 aromatic carbocycles. The molecule has 1 aliphatic heterocycles. The standard InChI is InChI=1S/C17H25N3O3S/c1-17(2,3)23-16(22)20-9-5-6-12(11-20)14(21)10-13-7-8-18-15(19-13)24-4/h7-8,12H,5-6,9-11H2,1-4H3. The lowest BCUT2D eigenvalue weighted by atomic mass is 9.91. The first-order valence-electron chi connectivity index (χ1n) is 8.15. The van der Waals surface area contributed by atoms with Gasteiger partial charge < -0.3 is 9.64 Å². The van der Waals surface area contributed by atoms with E-state index < -0.39 is 5.60 Å². The van der Waals surface area contributed by atoms with E-state index in [4.69, 9.17) is 4.74 Å². The molecule has 1 aromatic rings. The lowest BCUT2D eigenvalue weighted by Crippen LogP contribution is -2.44. The Morgan fingerprint density at radius 2 is 2.17 bits per heavy atom. The number of nitrogens with zero attached hydrogens (tertiary/aromatic N) is 3. The number of thioether (sulfide) groups is 1. The van der Waals surface area contributed by atoms with Gasteiger partial charge >= 0.3 is 6.09 Å². The Hall–Kier alpha value is -1.63. The van der Waals surface area contributed by atoms with Crippen LogP contribution in [0.3, 0.4) is 0 Å². The predicted molar refractivity (Wildman–Crippen MR) is 93.1 cm³/mol. The smallest absolute Gasteiger partial charge is 0.410 e. The van der Waals surface area contributed by atoms with Crippen LogP contribution >= 0.6 is 11.8 Å². The Morgan fingerprint density at radius 1 is 1.42 bits per heavy atom. The number of ether oxygens (including phenoxy) is 1. The highest BCUT2D eigenvalue weighted by atomic mass is 32.2. The lowest BCUT2D eigenvalue weighted by Gasteiger charge is -2.33. The third-order valence-electron chi connectivity index (χ3n) is 3.76. The van der Waals surface area contributed by atoms with Crippen molar-refractivity contribution in [2.45, 2.75) is 50.8 Å². The average Bonchev–Trinajstić information content (AvgIpc) is 2.53. The second-order valence-corrected chi connectivity index (χ2v) is 7.72. The summed E-state index contributed by atoms with van der Waals surface area (Å²) < 4.78 is 5.41. The van der Waals surface area contributed by atoms with E-state index >= 15 is 0 Å². The Morgan fingerprint density at radius 3 is 2.83 bits per heavy atom. The summed E-state index contributed by atoms with van der Waals surface area (Å²) in [4.78, 5) is 34.9. The molecule has 1 aliphatic rings. The third kappa shape index (κ3) is 5.47. The summed E-state index contributed by atoms with van der Waals surface area (Å²) in [6.07, 6.45) is 5.14. The number of aromatic nitrogens is 2. The minimum Gasteiger partial charge on any atom is -0.444 e. The topological polar surface area (TPSA) is 72.4 Å². The molecule has 0 saturated carbocycles. The van der Waals surface area contributed by atoms with Crippen molar-refractivity contribution in [3.8, 4) is 0 Å². The lowest BCUT2D eigenvalue weighted by molar-refractivity contribution is -0.123. The van der Waals surface area contributed by atoms with Crippen LogP contribution in [-0.4, -0.2) is 51.7 Å². The Labute approximate surface area is 147 Å². The van der Waals surface area contributed by atoms with Crippen molar-refractivity contribution in [3.63, 3.8) is 0 Å². The molecule has 1 saturated heterocycles. The zero-order valence-corrected chi connectivity index (χ0v) is 15.6. The van der Waals surface area contributed by atoms with Gasteiger partial charge in [0.15, 0.2) is 5.16 Å². The molecule has 1 amide bonds. The van der Waals surface area contributed by atoms with Crippen molar-refractivity contribution in [1.82, 2.24) is 14.9 Å². The molecule has 7 heteroatoms. The summed E-state index contributed by atoms with van der Waals surface area (Å²) in [6, 6.07) is 1.77. The quantitative estimate of drug-likeness (QED) is 0.613. The maximum atomic E-state index is 12.6. The second-order valence-electron chi connectivity index (χ2n) is 6.94. The number of piperidine rings is 1. The summed E-state index contributed by atoms with van der Waals surface area (Å²) in [5.41, 5.74) is 0.206. The van der Waals surface area contributed by atoms with Crippen LogP contribution in [0, 0.1) is 5.92 Å². The summed E-state index contributed by atoms with van der Waals surface area (Å²) in [5.74, 6) is -0.0343. The first kappa shape index (κ1) is 18.7. The van der Waals surface area contributed by atoms with Crippen molar-refractivity contribution >= 4 is 23.6 Å². The maximum Gasteiger partial charge on any atom is 0.410 e. The zero-order valence-electron chi connectivity index (χ0n) is 14.7. The Bertz CT molecular complexity index is 601. The Balaban J connectivity index is 1.95. The molecule has 2 rings (SSSR count). The molecule has 1 atom stereocenters. The number of Topliss-reactive ketones (excluding diaryl/α,β-unsaturated/α-hetero) is 1. The van der Waals surface area contributed by atoms with E-state index in [9.17, 15) is 9.59 Å². The van der Waals surface area contributed by atoms with Gasteiger partial charge in [-0.15, -0.1) is 0 Å².